The van der Waals surface area contributed by atoms with E-state index in [2.05, 4.69) is 482 Å². The minimum atomic E-state index is 0.729. The summed E-state index contributed by atoms with van der Waals surface area (Å²) in [5.41, 5.74) is 29.6. The fourth-order valence-corrected chi connectivity index (χ4v) is 19.8. The molecule has 0 spiro atoms. The van der Waals surface area contributed by atoms with E-state index in [1.165, 1.54) is 109 Å². The number of anilines is 8. The second-order valence-electron chi connectivity index (χ2n) is 33.0. The van der Waals surface area contributed by atoms with Gasteiger partial charge in [-0.15, -0.1) is 0 Å². The lowest BCUT2D eigenvalue weighted by Gasteiger charge is -2.26. The van der Waals surface area contributed by atoms with Crippen molar-refractivity contribution in [2.24, 2.45) is 0 Å². The second kappa shape index (κ2) is 34.2. The Balaban J connectivity index is 0.000000140. The molecule has 620 valence electrons. The van der Waals surface area contributed by atoms with Crippen molar-refractivity contribution in [2.45, 2.75) is 0 Å². The summed E-state index contributed by atoms with van der Waals surface area (Å²) in [5, 5.41) is 19.4. The first-order valence-electron chi connectivity index (χ1n) is 44.3. The summed E-state index contributed by atoms with van der Waals surface area (Å²) in [6.07, 6.45) is 0. The van der Waals surface area contributed by atoms with E-state index < -0.39 is 0 Å². The molecule has 0 aliphatic carbocycles. The third kappa shape index (κ3) is 14.7. The molecule has 0 saturated heterocycles. The molecule has 21 aromatic carbocycles. The summed E-state index contributed by atoms with van der Waals surface area (Å²) in [6.45, 7) is 0. The molecule has 4 aromatic heterocycles. The summed E-state index contributed by atoms with van der Waals surface area (Å²) in [7, 11) is 0. The van der Waals surface area contributed by atoms with Crippen molar-refractivity contribution in [1.29, 1.82) is 0 Å². The van der Waals surface area contributed by atoms with Crippen LogP contribution < -0.4 is 15.1 Å². The molecular weight excluding hydrogens is 1630 g/mol. The van der Waals surface area contributed by atoms with Crippen LogP contribution in [0.2, 0.25) is 10.0 Å². The molecule has 0 atom stereocenters. The van der Waals surface area contributed by atoms with Gasteiger partial charge in [-0.2, -0.15) is 0 Å². The number of hydrogen-bond acceptors (Lipinski definition) is 3. The lowest BCUT2D eigenvalue weighted by molar-refractivity contribution is 1.18. The van der Waals surface area contributed by atoms with E-state index in [-0.39, 0.29) is 0 Å². The number of nitrogens with one attached hydrogen (secondary N) is 1. The topological polar surface area (TPSA) is 38.2 Å². The molecule has 4 heterocycles. The highest BCUT2D eigenvalue weighted by Crippen LogP contribution is 2.49. The van der Waals surface area contributed by atoms with Gasteiger partial charge in [0, 0.05) is 121 Å². The van der Waals surface area contributed by atoms with Crippen molar-refractivity contribution in [2.75, 3.05) is 15.1 Å². The van der Waals surface area contributed by atoms with Crippen LogP contribution in [0.4, 0.5) is 45.5 Å². The van der Waals surface area contributed by atoms with Crippen LogP contribution >= 0.6 is 23.2 Å². The highest BCUT2D eigenvalue weighted by atomic mass is 35.5. The molecule has 131 heavy (non-hydrogen) atoms. The fourth-order valence-electron chi connectivity index (χ4n) is 19.5. The predicted molar refractivity (Wildman–Crippen MR) is 557 cm³/mol. The molecular formula is C122H83Cl2N7. The largest absolute Gasteiger partial charge is 0.356 e. The Kier molecular flexibility index (Phi) is 20.7. The van der Waals surface area contributed by atoms with Crippen LogP contribution in [0.1, 0.15) is 0 Å². The maximum Gasteiger partial charge on any atom is 0.0562 e. The highest BCUT2D eigenvalue weighted by molar-refractivity contribution is 6.35. The standard InChI is InChI=1S/C70H48N4.C34H20Cl2N2.C18H15N/c1-7-19-49(20-8-1)51-31-35-57(36-32-51)71(53-23-11-3-12-24-53)59-39-41-63-67(47-59)73(55-27-15-5-16-28-55)65-45-43-62-61(69(63)65)44-46-66-70(62)64-42-40-60(48-68(64)74(66)56-29-17-6-18-30-56)72(54-25-13-4-14-26-54)58-37-33-52(34-38-58)50-21-9-2-10-22-50;35-21-11-13-27-31(19-21)37(23-7-3-1-4-8-23)29-17-15-26-25(33(27)29)16-18-30-34(26)28-14-12-22(36)20-32(28)38(30)24-9-5-2-6-10-24;1-3-7-15(8-4-1)16-11-13-18(14-12-16)19-17-9-5-2-6-10-17/h1-48H;1-20H;1-14,19H. The van der Waals surface area contributed by atoms with Gasteiger partial charge in [0.2, 0.25) is 0 Å². The Hall–Kier alpha value is -16.7. The van der Waals surface area contributed by atoms with Gasteiger partial charge in [0.15, 0.2) is 0 Å². The maximum absolute atomic E-state index is 6.51. The molecule has 0 fully saturated rings. The Morgan fingerprint density at radius 2 is 0.374 bits per heavy atom. The normalized spacial score (nSPS) is 11.4. The third-order valence-electron chi connectivity index (χ3n) is 25.3. The van der Waals surface area contributed by atoms with Gasteiger partial charge < -0.3 is 33.4 Å². The van der Waals surface area contributed by atoms with E-state index >= 15 is 0 Å². The van der Waals surface area contributed by atoms with Gasteiger partial charge in [-0.1, -0.05) is 327 Å². The Morgan fingerprint density at radius 3 is 0.672 bits per heavy atom. The van der Waals surface area contributed by atoms with Crippen molar-refractivity contribution in [3.05, 3.63) is 507 Å². The van der Waals surface area contributed by atoms with Crippen molar-refractivity contribution < 1.29 is 0 Å². The molecule has 0 bridgehead atoms. The van der Waals surface area contributed by atoms with Crippen LogP contribution in [-0.4, -0.2) is 18.3 Å². The van der Waals surface area contributed by atoms with Gasteiger partial charge in [0.1, 0.15) is 0 Å². The van der Waals surface area contributed by atoms with Crippen molar-refractivity contribution in [3.63, 3.8) is 0 Å². The number of hydrogen-bond donors (Lipinski definition) is 1. The highest BCUT2D eigenvalue weighted by Gasteiger charge is 2.26. The van der Waals surface area contributed by atoms with E-state index in [1.807, 2.05) is 48.5 Å². The first-order chi connectivity index (χ1) is 64.8. The number of fused-ring (bicyclic) bond motifs is 18. The maximum atomic E-state index is 6.51. The van der Waals surface area contributed by atoms with Gasteiger partial charge in [-0.3, -0.25) is 0 Å². The molecule has 0 amide bonds. The number of benzene rings is 21. The van der Waals surface area contributed by atoms with E-state index in [0.29, 0.717) is 0 Å². The average molecular weight is 1720 g/mol. The minimum absolute atomic E-state index is 0.729. The van der Waals surface area contributed by atoms with Gasteiger partial charge in [0.05, 0.1) is 44.1 Å². The fraction of sp³-hybridized carbons (Fsp3) is 0. The zero-order valence-corrected chi connectivity index (χ0v) is 72.8. The molecule has 0 aliphatic rings. The van der Waals surface area contributed by atoms with Crippen LogP contribution in [0.25, 0.3) is 165 Å². The van der Waals surface area contributed by atoms with E-state index in [4.69, 9.17) is 23.2 Å². The molecule has 7 nitrogen and oxygen atoms in total. The molecule has 25 rings (SSSR count). The lowest BCUT2D eigenvalue weighted by Crippen LogP contribution is -2.10. The minimum Gasteiger partial charge on any atom is -0.356 e. The zero-order chi connectivity index (χ0) is 87.2. The molecule has 1 N–H and O–H groups in total. The molecule has 0 aliphatic heterocycles. The molecule has 0 unspecified atom stereocenters. The van der Waals surface area contributed by atoms with E-state index in [1.54, 1.807) is 0 Å². The monoisotopic (exact) mass is 1720 g/mol. The van der Waals surface area contributed by atoms with E-state index in [0.717, 1.165) is 111 Å². The SMILES string of the molecule is Clc1ccc2c3c4ccc5c(c4ccc3n(-c3ccccc3)c2c1)c1ccc(Cl)cc1n5-c1ccccc1.c1ccc(-c2ccc(N(c3ccccc3)c3ccc4c5c6ccc7c(c6ccc5n(-c5ccccc5)c4c3)c3ccc(N(c4ccccc4)c4ccc(-c5ccccc5)cc4)cc3n7-c3ccccc3)cc2)cc1.c1ccc(Nc2ccc(-c3ccccc3)cc2)cc1. The smallest absolute Gasteiger partial charge is 0.0562 e. The summed E-state index contributed by atoms with van der Waals surface area (Å²) in [5.74, 6) is 0. The summed E-state index contributed by atoms with van der Waals surface area (Å²) in [6, 6.07) is 177. The number of aromatic nitrogens is 4. The number of para-hydroxylation sites is 7. The van der Waals surface area contributed by atoms with Crippen molar-refractivity contribution in [3.8, 4) is 56.1 Å². The zero-order valence-electron chi connectivity index (χ0n) is 71.3. The first-order valence-corrected chi connectivity index (χ1v) is 45.1. The molecule has 0 saturated carbocycles. The van der Waals surface area contributed by atoms with Crippen LogP contribution in [0, 0.1) is 0 Å². The van der Waals surface area contributed by atoms with Gasteiger partial charge >= 0.3 is 0 Å². The number of rotatable bonds is 15. The van der Waals surface area contributed by atoms with Crippen LogP contribution in [-0.2, 0) is 0 Å². The number of halogens is 2. The van der Waals surface area contributed by atoms with Crippen LogP contribution in [0.5, 0.6) is 0 Å². The lowest BCUT2D eigenvalue weighted by atomic mass is 9.99. The van der Waals surface area contributed by atoms with Gasteiger partial charge in [-0.05, 0) is 249 Å². The second-order valence-corrected chi connectivity index (χ2v) is 33.9. The summed E-state index contributed by atoms with van der Waals surface area (Å²) >= 11 is 13.0. The van der Waals surface area contributed by atoms with Crippen molar-refractivity contribution in [1.82, 2.24) is 18.3 Å². The average Bonchev–Trinajstić information content (AvgIpc) is 1.58. The summed E-state index contributed by atoms with van der Waals surface area (Å²) < 4.78 is 9.52. The molecule has 25 aromatic rings. The molecule has 0 radical (unpaired) electrons. The van der Waals surface area contributed by atoms with Gasteiger partial charge in [-0.25, -0.2) is 0 Å². The Morgan fingerprint density at radius 1 is 0.160 bits per heavy atom. The number of nitrogens with zero attached hydrogens (tertiary/aromatic N) is 6. The van der Waals surface area contributed by atoms with E-state index in [9.17, 15) is 0 Å². The summed E-state index contributed by atoms with van der Waals surface area (Å²) in [4.78, 5) is 4.74. The van der Waals surface area contributed by atoms with Crippen LogP contribution in [0.3, 0.4) is 0 Å². The Bertz CT molecular complexity index is 8050. The first kappa shape index (κ1) is 79.0. The van der Waals surface area contributed by atoms with Crippen LogP contribution in [0.15, 0.2) is 497 Å². The molecule has 9 heteroatoms. The Labute approximate surface area is 768 Å². The third-order valence-corrected chi connectivity index (χ3v) is 25.8. The van der Waals surface area contributed by atoms with Crippen molar-refractivity contribution >= 4 is 177 Å². The van der Waals surface area contributed by atoms with Gasteiger partial charge in [0.25, 0.3) is 0 Å². The quantitative estimate of drug-likeness (QED) is 0.111. The predicted octanol–water partition coefficient (Wildman–Crippen LogP) is 34.7.